The van der Waals surface area contributed by atoms with Crippen LogP contribution in [0.2, 0.25) is 0 Å². The highest BCUT2D eigenvalue weighted by molar-refractivity contribution is 9.10. The Kier molecular flexibility index (Phi) is 8.09. The maximum absolute atomic E-state index is 10.5. The van der Waals surface area contributed by atoms with Crippen LogP contribution in [0.5, 0.6) is 0 Å². The molecule has 2 aromatic rings. The third-order valence-electron chi connectivity index (χ3n) is 3.90. The first-order valence-corrected chi connectivity index (χ1v) is 10.2. The Hall–Kier alpha value is -1.72. The molecule has 0 radical (unpaired) electrons. The van der Waals surface area contributed by atoms with E-state index in [0.29, 0.717) is 13.0 Å². The fraction of sp³-hybridized carbons (Fsp3) is 0.300. The maximum atomic E-state index is 10.5. The molecule has 0 saturated heterocycles. The zero-order valence-corrected chi connectivity index (χ0v) is 16.7. The standard InChI is InChI=1S/C20H22BrNO2S/c1-2-3-4-8-20(18-6-5-7-19(21)15-18)17-11-9-16(10-12-17)13-14-22-25(23)24/h5-12,15H,2-4,13-14H2,1H3. The molecule has 3 nitrogen and oxygen atoms in total. The summed E-state index contributed by atoms with van der Waals surface area (Å²) >= 11 is 3.55. The third-order valence-corrected chi connectivity index (χ3v) is 4.79. The highest BCUT2D eigenvalue weighted by Gasteiger charge is 2.06. The van der Waals surface area contributed by atoms with Gasteiger partial charge < -0.3 is 0 Å². The van der Waals surface area contributed by atoms with Crippen LogP contribution in [-0.2, 0) is 16.9 Å². The van der Waals surface area contributed by atoms with Crippen molar-refractivity contribution in [3.63, 3.8) is 0 Å². The summed E-state index contributed by atoms with van der Waals surface area (Å²) in [6.45, 7) is 2.49. The predicted octanol–water partition coefficient (Wildman–Crippen LogP) is 5.68. The van der Waals surface area contributed by atoms with Crippen molar-refractivity contribution in [2.75, 3.05) is 6.54 Å². The molecule has 0 unspecified atom stereocenters. The van der Waals surface area contributed by atoms with Crippen LogP contribution in [-0.4, -0.2) is 15.0 Å². The molecule has 0 aliphatic heterocycles. The van der Waals surface area contributed by atoms with Gasteiger partial charge in [0, 0.05) is 4.47 Å². The van der Waals surface area contributed by atoms with Crippen molar-refractivity contribution >= 4 is 32.0 Å². The van der Waals surface area contributed by atoms with Gasteiger partial charge in [-0.1, -0.05) is 78.2 Å². The van der Waals surface area contributed by atoms with Gasteiger partial charge in [0.25, 0.3) is 0 Å². The molecule has 0 bridgehead atoms. The number of halogens is 1. The largest absolute Gasteiger partial charge is 0.311 e. The van der Waals surface area contributed by atoms with E-state index < -0.39 is 10.5 Å². The number of rotatable bonds is 8. The number of hydrogen-bond donors (Lipinski definition) is 0. The second-order valence-electron chi connectivity index (χ2n) is 5.79. The average molecular weight is 420 g/mol. The highest BCUT2D eigenvalue weighted by Crippen LogP contribution is 2.27. The average Bonchev–Trinajstić information content (AvgIpc) is 2.59. The first kappa shape index (κ1) is 19.6. The molecule has 132 valence electrons. The first-order chi connectivity index (χ1) is 12.1. The minimum Gasteiger partial charge on any atom is -0.172 e. The molecule has 0 atom stereocenters. The van der Waals surface area contributed by atoms with Crippen LogP contribution in [0.4, 0.5) is 0 Å². The molecule has 2 rings (SSSR count). The van der Waals surface area contributed by atoms with Crippen molar-refractivity contribution in [1.29, 1.82) is 0 Å². The van der Waals surface area contributed by atoms with Gasteiger partial charge in [0.05, 0.1) is 6.54 Å². The summed E-state index contributed by atoms with van der Waals surface area (Å²) in [5, 5.41) is 0. The Balaban J connectivity index is 2.25. The number of nitrogens with zero attached hydrogens (tertiary/aromatic N) is 1. The molecular weight excluding hydrogens is 398 g/mol. The molecule has 5 heteroatoms. The zero-order chi connectivity index (χ0) is 18.1. The van der Waals surface area contributed by atoms with Gasteiger partial charge in [-0.3, -0.25) is 0 Å². The molecule has 2 aromatic carbocycles. The van der Waals surface area contributed by atoms with Crippen LogP contribution >= 0.6 is 15.9 Å². The van der Waals surface area contributed by atoms with Crippen LogP contribution in [0.1, 0.15) is 42.9 Å². The lowest BCUT2D eigenvalue weighted by Gasteiger charge is -2.10. The normalized spacial score (nSPS) is 11.4. The van der Waals surface area contributed by atoms with E-state index in [1.54, 1.807) is 0 Å². The number of allylic oxidation sites excluding steroid dienone is 1. The molecule has 0 fully saturated rings. The summed E-state index contributed by atoms with van der Waals surface area (Å²) in [6.07, 6.45) is 6.32. The molecule has 0 amide bonds. The second-order valence-corrected chi connectivity index (χ2v) is 7.40. The molecule has 0 spiro atoms. The minimum absolute atomic E-state index is 0.292. The molecule has 0 N–H and O–H groups in total. The topological polar surface area (TPSA) is 46.5 Å². The molecule has 0 saturated carbocycles. The Morgan fingerprint density at radius 3 is 2.52 bits per heavy atom. The quantitative estimate of drug-likeness (QED) is 0.516. The van der Waals surface area contributed by atoms with E-state index in [1.165, 1.54) is 29.5 Å². The van der Waals surface area contributed by atoms with E-state index in [9.17, 15) is 8.42 Å². The van der Waals surface area contributed by atoms with E-state index >= 15 is 0 Å². The van der Waals surface area contributed by atoms with Gasteiger partial charge >= 0.3 is 10.5 Å². The summed E-state index contributed by atoms with van der Waals surface area (Å²) in [5.41, 5.74) is 4.67. The predicted molar refractivity (Wildman–Crippen MR) is 107 cm³/mol. The van der Waals surface area contributed by atoms with Gasteiger partial charge in [0.1, 0.15) is 0 Å². The number of benzene rings is 2. The third kappa shape index (κ3) is 6.59. The molecular formula is C20H22BrNO2S. The fourth-order valence-corrected chi connectivity index (χ4v) is 3.25. The van der Waals surface area contributed by atoms with Crippen molar-refractivity contribution in [1.82, 2.24) is 0 Å². The van der Waals surface area contributed by atoms with Gasteiger partial charge in [0.15, 0.2) is 0 Å². The Morgan fingerprint density at radius 1 is 1.12 bits per heavy atom. The Bertz CT molecular complexity index is 848. The first-order valence-electron chi connectivity index (χ1n) is 8.42. The summed E-state index contributed by atoms with van der Waals surface area (Å²) in [7, 11) is -2.32. The van der Waals surface area contributed by atoms with Crippen LogP contribution in [0.25, 0.3) is 5.57 Å². The van der Waals surface area contributed by atoms with Crippen molar-refractivity contribution in [2.24, 2.45) is 4.36 Å². The van der Waals surface area contributed by atoms with Crippen molar-refractivity contribution in [2.45, 2.75) is 32.6 Å². The van der Waals surface area contributed by atoms with Gasteiger partial charge in [-0.25, -0.2) is 0 Å². The van der Waals surface area contributed by atoms with Crippen LogP contribution in [0.3, 0.4) is 0 Å². The lowest BCUT2D eigenvalue weighted by atomic mass is 9.95. The van der Waals surface area contributed by atoms with Gasteiger partial charge in [0.2, 0.25) is 0 Å². The van der Waals surface area contributed by atoms with E-state index in [1.807, 2.05) is 24.3 Å². The van der Waals surface area contributed by atoms with Crippen LogP contribution in [0, 0.1) is 0 Å². The summed E-state index contributed by atoms with van der Waals surface area (Å²) < 4.78 is 25.5. The Labute approximate surface area is 159 Å². The van der Waals surface area contributed by atoms with Crippen molar-refractivity contribution < 1.29 is 8.42 Å². The molecule has 25 heavy (non-hydrogen) atoms. The fourth-order valence-electron chi connectivity index (χ4n) is 2.61. The van der Waals surface area contributed by atoms with Crippen LogP contribution in [0.15, 0.2) is 63.4 Å². The molecule has 0 aliphatic rings. The van der Waals surface area contributed by atoms with Gasteiger partial charge in [-0.2, -0.15) is 12.8 Å². The van der Waals surface area contributed by atoms with E-state index in [-0.39, 0.29) is 0 Å². The maximum Gasteiger partial charge on any atom is 0.311 e. The lowest BCUT2D eigenvalue weighted by molar-refractivity contribution is 0.620. The molecule has 0 aromatic heterocycles. The number of hydrogen-bond acceptors (Lipinski definition) is 3. The summed E-state index contributed by atoms with van der Waals surface area (Å²) in [4.78, 5) is 0. The van der Waals surface area contributed by atoms with Crippen molar-refractivity contribution in [3.8, 4) is 0 Å². The van der Waals surface area contributed by atoms with E-state index in [2.05, 4.69) is 57.6 Å². The number of unbranched alkanes of at least 4 members (excludes halogenated alkanes) is 2. The Morgan fingerprint density at radius 2 is 1.88 bits per heavy atom. The smallest absolute Gasteiger partial charge is 0.172 e. The minimum atomic E-state index is -2.32. The SMILES string of the molecule is CCCCC=C(c1ccc(CCN=S(=O)=O)cc1)c1cccc(Br)c1. The van der Waals surface area contributed by atoms with Gasteiger partial charge in [-0.15, -0.1) is 0 Å². The highest BCUT2D eigenvalue weighted by atomic mass is 79.9. The molecule has 0 aliphatic carbocycles. The van der Waals surface area contributed by atoms with E-state index in [4.69, 9.17) is 0 Å². The molecule has 0 heterocycles. The zero-order valence-electron chi connectivity index (χ0n) is 14.3. The van der Waals surface area contributed by atoms with Gasteiger partial charge in [-0.05, 0) is 47.2 Å². The lowest BCUT2D eigenvalue weighted by Crippen LogP contribution is -1.92. The monoisotopic (exact) mass is 419 g/mol. The summed E-state index contributed by atoms with van der Waals surface area (Å²) in [5.74, 6) is 0. The van der Waals surface area contributed by atoms with Crippen LogP contribution < -0.4 is 0 Å². The van der Waals surface area contributed by atoms with Crippen molar-refractivity contribution in [3.05, 3.63) is 75.8 Å². The second kappa shape index (κ2) is 10.3. The van der Waals surface area contributed by atoms with E-state index in [0.717, 1.165) is 16.5 Å². The summed E-state index contributed by atoms with van der Waals surface area (Å²) in [6, 6.07) is 16.6.